The van der Waals surface area contributed by atoms with Gasteiger partial charge in [-0.25, -0.2) is 4.90 Å². The highest BCUT2D eigenvalue weighted by atomic mass is 32.2. The van der Waals surface area contributed by atoms with Crippen molar-refractivity contribution in [2.45, 2.75) is 18.6 Å². The summed E-state index contributed by atoms with van der Waals surface area (Å²) in [6, 6.07) is 6.59. The number of rotatable bonds is 7. The molecule has 1 N–H and O–H groups in total. The van der Waals surface area contributed by atoms with Crippen molar-refractivity contribution in [2.24, 2.45) is 0 Å². The van der Waals surface area contributed by atoms with Crippen molar-refractivity contribution in [3.63, 3.8) is 0 Å². The monoisotopic (exact) mass is 352 g/mol. The van der Waals surface area contributed by atoms with Crippen molar-refractivity contribution in [1.82, 2.24) is 4.90 Å². The Morgan fingerprint density at radius 2 is 2.00 bits per heavy atom. The van der Waals surface area contributed by atoms with E-state index in [4.69, 9.17) is 9.84 Å². The molecule has 130 valence electrons. The molecule has 2 rings (SSSR count). The molecule has 8 heteroatoms. The van der Waals surface area contributed by atoms with Crippen molar-refractivity contribution in [2.75, 3.05) is 31.7 Å². The van der Waals surface area contributed by atoms with E-state index in [0.29, 0.717) is 18.0 Å². The molecule has 1 saturated heterocycles. The fraction of sp³-hybridized carbons (Fsp3) is 0.438. The zero-order valence-corrected chi connectivity index (χ0v) is 14.4. The second-order valence-electron chi connectivity index (χ2n) is 5.15. The van der Waals surface area contributed by atoms with E-state index in [9.17, 15) is 14.4 Å². The molecule has 1 aromatic rings. The summed E-state index contributed by atoms with van der Waals surface area (Å²) >= 11 is 0.857. The molecule has 1 fully saturated rings. The molecule has 1 aliphatic heterocycles. The third kappa shape index (κ3) is 3.88. The summed E-state index contributed by atoms with van der Waals surface area (Å²) in [6.45, 7) is 2.33. The first-order valence-corrected chi connectivity index (χ1v) is 8.47. The molecule has 0 radical (unpaired) electrons. The van der Waals surface area contributed by atoms with Gasteiger partial charge in [0.2, 0.25) is 11.8 Å². The van der Waals surface area contributed by atoms with E-state index < -0.39 is 16.4 Å². The number of carbonyl (C=O) groups excluding carboxylic acids is 3. The van der Waals surface area contributed by atoms with E-state index >= 15 is 0 Å². The van der Waals surface area contributed by atoms with Gasteiger partial charge >= 0.3 is 0 Å². The second kappa shape index (κ2) is 8.16. The molecule has 0 saturated carbocycles. The minimum absolute atomic E-state index is 0.0598. The van der Waals surface area contributed by atoms with Gasteiger partial charge in [0.15, 0.2) is 0 Å². The number of ether oxygens (including phenoxy) is 1. The molecule has 1 heterocycles. The zero-order valence-electron chi connectivity index (χ0n) is 13.6. The Bertz CT molecular complexity index is 619. The minimum atomic E-state index is -0.736. The largest absolute Gasteiger partial charge is 0.497 e. The Kier molecular flexibility index (Phi) is 6.22. The topological polar surface area (TPSA) is 87.2 Å². The lowest BCUT2D eigenvalue weighted by atomic mass is 10.2. The predicted octanol–water partition coefficient (Wildman–Crippen LogP) is 1.49. The first-order valence-electron chi connectivity index (χ1n) is 7.59. The van der Waals surface area contributed by atoms with E-state index in [1.165, 1.54) is 12.0 Å². The number of likely N-dealkylation sites (N-methyl/N-ethyl adjacent to an activating group) is 1. The quantitative estimate of drug-likeness (QED) is 0.800. The van der Waals surface area contributed by atoms with Gasteiger partial charge in [0.25, 0.3) is 5.24 Å². The number of anilines is 1. The smallest absolute Gasteiger partial charge is 0.293 e. The number of amides is 3. The predicted molar refractivity (Wildman–Crippen MR) is 91.2 cm³/mol. The lowest BCUT2D eigenvalue weighted by molar-refractivity contribution is -0.133. The highest BCUT2D eigenvalue weighted by Crippen LogP contribution is 2.34. The molecular formula is C16H20N2O5S. The molecule has 1 aliphatic rings. The number of nitrogens with zero attached hydrogens (tertiary/aromatic N) is 2. The van der Waals surface area contributed by atoms with Gasteiger partial charge in [-0.15, -0.1) is 0 Å². The first-order chi connectivity index (χ1) is 11.5. The SMILES string of the molecule is CCN(CCO)C(=O)CC1SC(=O)N(c2ccc(OC)cc2)C1=O. The van der Waals surface area contributed by atoms with Crippen LogP contribution in [-0.2, 0) is 9.59 Å². The summed E-state index contributed by atoms with van der Waals surface area (Å²) in [5.74, 6) is -0.0230. The molecule has 1 aromatic carbocycles. The van der Waals surface area contributed by atoms with Gasteiger partial charge in [-0.1, -0.05) is 0 Å². The maximum Gasteiger partial charge on any atom is 0.293 e. The maximum atomic E-state index is 12.5. The van der Waals surface area contributed by atoms with Crippen LogP contribution in [0, 0.1) is 0 Å². The van der Waals surface area contributed by atoms with Crippen LogP contribution in [0.3, 0.4) is 0 Å². The van der Waals surface area contributed by atoms with Gasteiger partial charge in [-0.3, -0.25) is 14.4 Å². The molecule has 7 nitrogen and oxygen atoms in total. The zero-order chi connectivity index (χ0) is 17.7. The number of thioether (sulfide) groups is 1. The minimum Gasteiger partial charge on any atom is -0.497 e. The Labute approximate surface area is 144 Å². The molecule has 0 aliphatic carbocycles. The summed E-state index contributed by atoms with van der Waals surface area (Å²) in [7, 11) is 1.53. The number of methoxy groups -OCH3 is 1. The van der Waals surface area contributed by atoms with Crippen LogP contribution in [0.4, 0.5) is 10.5 Å². The number of hydrogen-bond acceptors (Lipinski definition) is 6. The molecule has 0 aromatic heterocycles. The summed E-state index contributed by atoms with van der Waals surface area (Å²) < 4.78 is 5.06. The molecule has 0 spiro atoms. The molecule has 3 amide bonds. The van der Waals surface area contributed by atoms with E-state index in [0.717, 1.165) is 16.7 Å². The highest BCUT2D eigenvalue weighted by Gasteiger charge is 2.42. The van der Waals surface area contributed by atoms with Crippen LogP contribution in [0.5, 0.6) is 5.75 Å². The number of aliphatic hydroxyl groups excluding tert-OH is 1. The van der Waals surface area contributed by atoms with Gasteiger partial charge in [-0.2, -0.15) is 0 Å². The normalized spacial score (nSPS) is 17.3. The number of hydrogen-bond donors (Lipinski definition) is 1. The van der Waals surface area contributed by atoms with E-state index in [-0.39, 0.29) is 25.5 Å². The average molecular weight is 352 g/mol. The molecule has 0 bridgehead atoms. The summed E-state index contributed by atoms with van der Waals surface area (Å²) in [5, 5.41) is 7.83. The van der Waals surface area contributed by atoms with E-state index in [2.05, 4.69) is 0 Å². The van der Waals surface area contributed by atoms with Crippen molar-refractivity contribution < 1.29 is 24.2 Å². The summed E-state index contributed by atoms with van der Waals surface area (Å²) in [4.78, 5) is 39.4. The molecule has 24 heavy (non-hydrogen) atoms. The highest BCUT2D eigenvalue weighted by molar-refractivity contribution is 8.15. The third-order valence-electron chi connectivity index (χ3n) is 3.72. The Morgan fingerprint density at radius 1 is 1.33 bits per heavy atom. The van der Waals surface area contributed by atoms with Crippen LogP contribution < -0.4 is 9.64 Å². The van der Waals surface area contributed by atoms with Gasteiger partial charge < -0.3 is 14.7 Å². The van der Waals surface area contributed by atoms with Crippen LogP contribution in [0.25, 0.3) is 0 Å². The summed E-state index contributed by atoms with van der Waals surface area (Å²) in [6.07, 6.45) is -0.0598. The first kappa shape index (κ1) is 18.3. The van der Waals surface area contributed by atoms with Crippen LogP contribution in [0.1, 0.15) is 13.3 Å². The maximum absolute atomic E-state index is 12.5. The number of aliphatic hydroxyl groups is 1. The number of benzene rings is 1. The molecular weight excluding hydrogens is 332 g/mol. The van der Waals surface area contributed by atoms with Crippen molar-refractivity contribution in [1.29, 1.82) is 0 Å². The van der Waals surface area contributed by atoms with Crippen LogP contribution in [0.15, 0.2) is 24.3 Å². The average Bonchev–Trinajstić information content (AvgIpc) is 2.86. The van der Waals surface area contributed by atoms with E-state index in [1.54, 1.807) is 31.2 Å². The van der Waals surface area contributed by atoms with Crippen molar-refractivity contribution >= 4 is 34.5 Å². The Hall–Kier alpha value is -2.06. The Balaban J connectivity index is 2.09. The third-order valence-corrected chi connectivity index (χ3v) is 4.75. The Morgan fingerprint density at radius 3 is 2.54 bits per heavy atom. The lowest BCUT2D eigenvalue weighted by Gasteiger charge is -2.20. The number of imide groups is 1. The fourth-order valence-corrected chi connectivity index (χ4v) is 3.40. The fourth-order valence-electron chi connectivity index (χ4n) is 2.42. The molecule has 1 unspecified atom stereocenters. The van der Waals surface area contributed by atoms with Crippen molar-refractivity contribution in [3.8, 4) is 5.75 Å². The van der Waals surface area contributed by atoms with Gasteiger partial charge in [-0.05, 0) is 43.0 Å². The van der Waals surface area contributed by atoms with Crippen LogP contribution in [-0.4, -0.2) is 59.1 Å². The summed E-state index contributed by atoms with van der Waals surface area (Å²) in [5.41, 5.74) is 0.455. The standard InChI is InChI=1S/C16H20N2O5S/c1-3-17(8-9-19)14(20)10-13-15(21)18(16(22)24-13)11-4-6-12(23-2)7-5-11/h4-7,13,19H,3,8-10H2,1-2H3. The van der Waals surface area contributed by atoms with Crippen LogP contribution >= 0.6 is 11.8 Å². The van der Waals surface area contributed by atoms with Gasteiger partial charge in [0.05, 0.1) is 19.4 Å². The number of carbonyl (C=O) groups is 3. The van der Waals surface area contributed by atoms with Gasteiger partial charge in [0, 0.05) is 19.5 Å². The van der Waals surface area contributed by atoms with E-state index in [1.807, 2.05) is 0 Å². The van der Waals surface area contributed by atoms with Gasteiger partial charge in [0.1, 0.15) is 11.0 Å². The lowest BCUT2D eigenvalue weighted by Crippen LogP contribution is -2.37. The second-order valence-corrected chi connectivity index (χ2v) is 6.30. The molecule has 1 atom stereocenters. The van der Waals surface area contributed by atoms with Crippen molar-refractivity contribution in [3.05, 3.63) is 24.3 Å². The van der Waals surface area contributed by atoms with Crippen LogP contribution in [0.2, 0.25) is 0 Å².